The molecule has 35 heavy (non-hydrogen) atoms. The van der Waals surface area contributed by atoms with Gasteiger partial charge in [-0.05, 0) is 50.8 Å². The van der Waals surface area contributed by atoms with E-state index in [1.54, 1.807) is 17.9 Å². The Bertz CT molecular complexity index is 1450. The Hall–Kier alpha value is -4.01. The van der Waals surface area contributed by atoms with Crippen LogP contribution in [0.1, 0.15) is 76.7 Å². The number of rotatable bonds is 7. The SMILES string of the molecule is CCn1cc(NC(=O)c2cc(C3CC3)nc3c2c(C2CC2)nn3-c2ccccc2)c(C(=O)NC)n1. The number of carbonyl (C=O) groups excluding carboxylic acids is 2. The van der Waals surface area contributed by atoms with Crippen molar-refractivity contribution in [2.75, 3.05) is 12.4 Å². The third-order valence-corrected chi connectivity index (χ3v) is 6.67. The van der Waals surface area contributed by atoms with Crippen LogP contribution in [-0.4, -0.2) is 43.4 Å². The van der Waals surface area contributed by atoms with Crippen molar-refractivity contribution in [2.45, 2.75) is 51.0 Å². The van der Waals surface area contributed by atoms with Crippen molar-refractivity contribution < 1.29 is 9.59 Å². The first-order valence-corrected chi connectivity index (χ1v) is 12.2. The monoisotopic (exact) mass is 469 g/mol. The van der Waals surface area contributed by atoms with Crippen LogP contribution in [0.3, 0.4) is 0 Å². The van der Waals surface area contributed by atoms with Crippen molar-refractivity contribution in [3.05, 3.63) is 65.2 Å². The molecule has 178 valence electrons. The molecule has 0 aliphatic heterocycles. The molecule has 2 aliphatic carbocycles. The average molecular weight is 470 g/mol. The first kappa shape index (κ1) is 21.5. The molecule has 2 amide bonds. The number of benzene rings is 1. The molecule has 0 bridgehead atoms. The fraction of sp³-hybridized carbons (Fsp3) is 0.346. The van der Waals surface area contributed by atoms with Crippen molar-refractivity contribution >= 4 is 28.5 Å². The number of hydrogen-bond acceptors (Lipinski definition) is 5. The molecule has 6 rings (SSSR count). The van der Waals surface area contributed by atoms with Gasteiger partial charge in [0, 0.05) is 37.3 Å². The van der Waals surface area contributed by atoms with Crippen molar-refractivity contribution in [1.82, 2.24) is 29.9 Å². The summed E-state index contributed by atoms with van der Waals surface area (Å²) in [4.78, 5) is 31.2. The van der Waals surface area contributed by atoms with Crippen molar-refractivity contribution in [3.8, 4) is 5.69 Å². The molecule has 0 saturated heterocycles. The summed E-state index contributed by atoms with van der Waals surface area (Å²) < 4.78 is 3.51. The van der Waals surface area contributed by atoms with Gasteiger partial charge in [-0.3, -0.25) is 14.3 Å². The number of anilines is 1. The van der Waals surface area contributed by atoms with E-state index in [-0.39, 0.29) is 17.5 Å². The summed E-state index contributed by atoms with van der Waals surface area (Å²) in [6, 6.07) is 11.8. The lowest BCUT2D eigenvalue weighted by Gasteiger charge is -2.10. The van der Waals surface area contributed by atoms with Gasteiger partial charge in [-0.2, -0.15) is 10.2 Å². The van der Waals surface area contributed by atoms with Gasteiger partial charge in [-0.1, -0.05) is 18.2 Å². The zero-order valence-electron chi connectivity index (χ0n) is 19.8. The number of hydrogen-bond donors (Lipinski definition) is 2. The van der Waals surface area contributed by atoms with Gasteiger partial charge in [-0.15, -0.1) is 0 Å². The van der Waals surface area contributed by atoms with Crippen LogP contribution < -0.4 is 10.6 Å². The van der Waals surface area contributed by atoms with Gasteiger partial charge in [0.1, 0.15) is 0 Å². The van der Waals surface area contributed by atoms with Crippen LogP contribution in [-0.2, 0) is 6.54 Å². The van der Waals surface area contributed by atoms with Crippen LogP contribution in [0, 0.1) is 0 Å². The quantitative estimate of drug-likeness (QED) is 0.425. The van der Waals surface area contributed by atoms with E-state index in [1.165, 1.54) is 0 Å². The van der Waals surface area contributed by atoms with E-state index in [9.17, 15) is 9.59 Å². The second-order valence-corrected chi connectivity index (χ2v) is 9.25. The van der Waals surface area contributed by atoms with Gasteiger partial charge >= 0.3 is 0 Å². The number of nitrogens with one attached hydrogen (secondary N) is 2. The maximum absolute atomic E-state index is 13.8. The molecule has 4 aromatic rings. The van der Waals surface area contributed by atoms with Gasteiger partial charge < -0.3 is 10.6 Å². The molecular formula is C26H27N7O2. The molecule has 9 nitrogen and oxygen atoms in total. The second-order valence-electron chi connectivity index (χ2n) is 9.25. The van der Waals surface area contributed by atoms with Crippen LogP contribution in [0.2, 0.25) is 0 Å². The zero-order valence-corrected chi connectivity index (χ0v) is 19.8. The van der Waals surface area contributed by atoms with Crippen LogP contribution in [0.5, 0.6) is 0 Å². The largest absolute Gasteiger partial charge is 0.354 e. The Morgan fingerprint density at radius 1 is 1.03 bits per heavy atom. The van der Waals surface area contributed by atoms with Gasteiger partial charge in [0.2, 0.25) is 0 Å². The number of aromatic nitrogens is 5. The Labute approximate surface area is 202 Å². The lowest BCUT2D eigenvalue weighted by Crippen LogP contribution is -2.22. The van der Waals surface area contributed by atoms with Crippen molar-refractivity contribution in [2.24, 2.45) is 0 Å². The molecular weight excluding hydrogens is 442 g/mol. The maximum atomic E-state index is 13.8. The summed E-state index contributed by atoms with van der Waals surface area (Å²) in [5, 5.41) is 15.6. The minimum atomic E-state index is -0.346. The summed E-state index contributed by atoms with van der Waals surface area (Å²) in [5.74, 6) is 0.0572. The molecule has 2 saturated carbocycles. The number of nitrogens with zero attached hydrogens (tertiary/aromatic N) is 5. The van der Waals surface area contributed by atoms with Gasteiger partial charge in [0.05, 0.1) is 28.0 Å². The van der Waals surface area contributed by atoms with Crippen LogP contribution in [0.4, 0.5) is 5.69 Å². The third-order valence-electron chi connectivity index (χ3n) is 6.67. The molecule has 2 fully saturated rings. The summed E-state index contributed by atoms with van der Waals surface area (Å²) in [6.45, 7) is 2.52. The number of aryl methyl sites for hydroxylation is 1. The van der Waals surface area contributed by atoms with Crippen LogP contribution in [0.25, 0.3) is 16.7 Å². The molecule has 2 aliphatic rings. The Kier molecular flexibility index (Phi) is 5.12. The second kappa shape index (κ2) is 8.33. The Balaban J connectivity index is 1.50. The van der Waals surface area contributed by atoms with E-state index in [2.05, 4.69) is 15.7 Å². The van der Waals surface area contributed by atoms with E-state index in [0.717, 1.165) is 48.1 Å². The third kappa shape index (κ3) is 3.86. The van der Waals surface area contributed by atoms with Crippen LogP contribution in [0.15, 0.2) is 42.6 Å². The number of amides is 2. The normalized spacial score (nSPS) is 15.4. The maximum Gasteiger partial charge on any atom is 0.273 e. The van der Waals surface area contributed by atoms with E-state index >= 15 is 0 Å². The predicted octanol–water partition coefficient (Wildman–Crippen LogP) is 4.00. The first-order chi connectivity index (χ1) is 17.1. The van der Waals surface area contributed by atoms with Gasteiger partial charge in [-0.25, -0.2) is 9.67 Å². The Morgan fingerprint density at radius 2 is 1.77 bits per heavy atom. The standard InChI is InChI=1S/C26H27N7O2/c1-3-32-14-20(23(30-32)26(35)27-2)29-25(34)18-13-19(15-9-10-15)28-24-21(18)22(16-11-12-16)31-33(24)17-7-5-4-6-8-17/h4-8,13-16H,3,9-12H2,1-2H3,(H,27,35)(H,29,34). The van der Waals surface area contributed by atoms with Crippen molar-refractivity contribution in [1.29, 1.82) is 0 Å². The van der Waals surface area contributed by atoms with E-state index in [4.69, 9.17) is 10.1 Å². The number of fused-ring (bicyclic) bond motifs is 1. The highest BCUT2D eigenvalue weighted by molar-refractivity contribution is 6.14. The lowest BCUT2D eigenvalue weighted by atomic mass is 10.0. The van der Waals surface area contributed by atoms with E-state index in [1.807, 2.05) is 48.0 Å². The first-order valence-electron chi connectivity index (χ1n) is 12.2. The molecule has 0 unspecified atom stereocenters. The molecule has 0 radical (unpaired) electrons. The van der Waals surface area contributed by atoms with Crippen LogP contribution >= 0.6 is 0 Å². The number of carbonyl (C=O) groups is 2. The van der Waals surface area contributed by atoms with E-state index in [0.29, 0.717) is 35.3 Å². The van der Waals surface area contributed by atoms with E-state index < -0.39 is 0 Å². The summed E-state index contributed by atoms with van der Waals surface area (Å²) in [7, 11) is 1.55. The molecule has 3 aromatic heterocycles. The molecule has 2 N–H and O–H groups in total. The average Bonchev–Trinajstić information content (AvgIpc) is 3.83. The van der Waals surface area contributed by atoms with Crippen molar-refractivity contribution in [3.63, 3.8) is 0 Å². The van der Waals surface area contributed by atoms with Gasteiger partial charge in [0.15, 0.2) is 11.3 Å². The summed E-state index contributed by atoms with van der Waals surface area (Å²) >= 11 is 0. The summed E-state index contributed by atoms with van der Waals surface area (Å²) in [6.07, 6.45) is 5.93. The smallest absolute Gasteiger partial charge is 0.273 e. The topological polar surface area (TPSA) is 107 Å². The molecule has 0 spiro atoms. The number of para-hydroxylation sites is 1. The lowest BCUT2D eigenvalue weighted by molar-refractivity contribution is 0.0958. The highest BCUT2D eigenvalue weighted by Crippen LogP contribution is 2.45. The fourth-order valence-corrected chi connectivity index (χ4v) is 4.47. The number of pyridine rings is 1. The molecule has 1 aromatic carbocycles. The molecule has 9 heteroatoms. The Morgan fingerprint density at radius 3 is 2.43 bits per heavy atom. The minimum absolute atomic E-state index is 0.192. The highest BCUT2D eigenvalue weighted by atomic mass is 16.2. The minimum Gasteiger partial charge on any atom is -0.354 e. The summed E-state index contributed by atoms with van der Waals surface area (Å²) in [5.41, 5.74) is 4.59. The molecule has 0 atom stereocenters. The highest BCUT2D eigenvalue weighted by Gasteiger charge is 2.34. The predicted molar refractivity (Wildman–Crippen MR) is 132 cm³/mol. The van der Waals surface area contributed by atoms with Gasteiger partial charge in [0.25, 0.3) is 11.8 Å². The zero-order chi connectivity index (χ0) is 24.1. The molecule has 3 heterocycles. The fourth-order valence-electron chi connectivity index (χ4n) is 4.47.